The fraction of sp³-hybridized carbons (Fsp3) is 0.636. The maximum absolute atomic E-state index is 5.50. The molecule has 0 saturated carbocycles. The van der Waals surface area contributed by atoms with Crippen LogP contribution in [0.4, 0.5) is 11.6 Å². The molecule has 1 heterocycles. The normalized spacial score (nSPS) is 10.7. The van der Waals surface area contributed by atoms with Gasteiger partial charge in [-0.05, 0) is 19.5 Å². The minimum atomic E-state index is 0.590. The molecular weight excluding hydrogens is 202 g/mol. The maximum atomic E-state index is 5.50. The van der Waals surface area contributed by atoms with E-state index in [9.17, 15) is 0 Å². The Bertz CT molecular complexity index is 285. The Balaban J connectivity index is 2.26. The highest BCUT2D eigenvalue weighted by Crippen LogP contribution is 2.00. The summed E-state index contributed by atoms with van der Waals surface area (Å²) in [6.07, 6.45) is 4.41. The summed E-state index contributed by atoms with van der Waals surface area (Å²) in [7, 11) is 0. The van der Waals surface area contributed by atoms with Crippen LogP contribution in [0.2, 0.25) is 0 Å². The zero-order valence-electron chi connectivity index (χ0n) is 10.1. The van der Waals surface area contributed by atoms with Gasteiger partial charge in [0.25, 0.3) is 0 Å². The minimum Gasteiger partial charge on any atom is -0.396 e. The lowest BCUT2D eigenvalue weighted by Gasteiger charge is -2.19. The number of rotatable bonds is 7. The molecule has 0 aliphatic carbocycles. The first-order valence-electron chi connectivity index (χ1n) is 5.80. The summed E-state index contributed by atoms with van der Waals surface area (Å²) in [5, 5.41) is 3.18. The third kappa shape index (κ3) is 4.44. The van der Waals surface area contributed by atoms with Crippen molar-refractivity contribution in [2.75, 3.05) is 37.2 Å². The standard InChI is InChI=1S/C11H21N5/c1-3-6-16(4-2)7-5-13-11-14-8-10(12)9-15-11/h8-9H,3-7,12H2,1-2H3,(H,13,14,15). The highest BCUT2D eigenvalue weighted by molar-refractivity contribution is 5.35. The predicted octanol–water partition coefficient (Wildman–Crippen LogP) is 1.20. The van der Waals surface area contributed by atoms with Crippen molar-refractivity contribution in [2.45, 2.75) is 20.3 Å². The monoisotopic (exact) mass is 223 g/mol. The second kappa shape index (κ2) is 7.00. The predicted molar refractivity (Wildman–Crippen MR) is 67.3 cm³/mol. The van der Waals surface area contributed by atoms with Crippen LogP contribution in [-0.2, 0) is 0 Å². The number of hydrogen-bond donors (Lipinski definition) is 2. The van der Waals surface area contributed by atoms with Crippen LogP contribution in [-0.4, -0.2) is 41.0 Å². The van der Waals surface area contributed by atoms with Crippen molar-refractivity contribution in [3.63, 3.8) is 0 Å². The van der Waals surface area contributed by atoms with Gasteiger partial charge in [0.15, 0.2) is 0 Å². The molecule has 1 aromatic heterocycles. The van der Waals surface area contributed by atoms with Gasteiger partial charge in [0, 0.05) is 13.1 Å². The highest BCUT2D eigenvalue weighted by atomic mass is 15.2. The molecule has 0 radical (unpaired) electrons. The largest absolute Gasteiger partial charge is 0.396 e. The van der Waals surface area contributed by atoms with Crippen LogP contribution in [0, 0.1) is 0 Å². The summed E-state index contributed by atoms with van der Waals surface area (Å²) < 4.78 is 0. The Kier molecular flexibility index (Phi) is 5.56. The molecule has 0 aliphatic heterocycles. The Morgan fingerprint density at radius 3 is 2.50 bits per heavy atom. The number of nitrogens with one attached hydrogen (secondary N) is 1. The second-order valence-electron chi connectivity index (χ2n) is 3.70. The van der Waals surface area contributed by atoms with Crippen molar-refractivity contribution < 1.29 is 0 Å². The smallest absolute Gasteiger partial charge is 0.222 e. The Morgan fingerprint density at radius 2 is 1.94 bits per heavy atom. The molecule has 0 atom stereocenters. The van der Waals surface area contributed by atoms with Crippen LogP contribution in [0.15, 0.2) is 12.4 Å². The van der Waals surface area contributed by atoms with Crippen LogP contribution in [0.1, 0.15) is 20.3 Å². The van der Waals surface area contributed by atoms with Gasteiger partial charge >= 0.3 is 0 Å². The number of aromatic nitrogens is 2. The van der Waals surface area contributed by atoms with Crippen LogP contribution in [0.5, 0.6) is 0 Å². The first-order valence-corrected chi connectivity index (χ1v) is 5.80. The van der Waals surface area contributed by atoms with Gasteiger partial charge in [-0.15, -0.1) is 0 Å². The molecule has 5 heteroatoms. The summed E-state index contributed by atoms with van der Waals surface area (Å²) in [5.41, 5.74) is 6.09. The van der Waals surface area contributed by atoms with E-state index >= 15 is 0 Å². The van der Waals surface area contributed by atoms with Crippen molar-refractivity contribution in [1.29, 1.82) is 0 Å². The lowest BCUT2D eigenvalue weighted by atomic mass is 10.4. The molecule has 0 fully saturated rings. The van der Waals surface area contributed by atoms with E-state index in [4.69, 9.17) is 5.73 Å². The van der Waals surface area contributed by atoms with Gasteiger partial charge in [-0.1, -0.05) is 13.8 Å². The minimum absolute atomic E-state index is 0.590. The van der Waals surface area contributed by atoms with Gasteiger partial charge in [-0.2, -0.15) is 0 Å². The lowest BCUT2D eigenvalue weighted by molar-refractivity contribution is 0.300. The second-order valence-corrected chi connectivity index (χ2v) is 3.70. The van der Waals surface area contributed by atoms with Crippen molar-refractivity contribution in [2.24, 2.45) is 0 Å². The third-order valence-electron chi connectivity index (χ3n) is 2.37. The molecule has 0 unspecified atom stereocenters. The van der Waals surface area contributed by atoms with Crippen molar-refractivity contribution in [1.82, 2.24) is 14.9 Å². The van der Waals surface area contributed by atoms with E-state index in [0.29, 0.717) is 11.6 Å². The molecule has 16 heavy (non-hydrogen) atoms. The molecule has 0 saturated heterocycles. The molecule has 0 aliphatic rings. The Morgan fingerprint density at radius 1 is 1.25 bits per heavy atom. The topological polar surface area (TPSA) is 67.1 Å². The van der Waals surface area contributed by atoms with Crippen LogP contribution < -0.4 is 11.1 Å². The quantitative estimate of drug-likeness (QED) is 0.727. The number of anilines is 2. The van der Waals surface area contributed by atoms with E-state index in [1.165, 1.54) is 6.42 Å². The van der Waals surface area contributed by atoms with E-state index < -0.39 is 0 Å². The van der Waals surface area contributed by atoms with Gasteiger partial charge in [-0.25, -0.2) is 9.97 Å². The fourth-order valence-corrected chi connectivity index (χ4v) is 1.50. The number of nitrogens with zero attached hydrogens (tertiary/aromatic N) is 3. The summed E-state index contributed by atoms with van der Waals surface area (Å²) >= 11 is 0. The summed E-state index contributed by atoms with van der Waals surface area (Å²) in [4.78, 5) is 10.6. The molecule has 0 bridgehead atoms. The fourth-order valence-electron chi connectivity index (χ4n) is 1.50. The first kappa shape index (κ1) is 12.7. The molecular formula is C11H21N5. The van der Waals surface area contributed by atoms with Crippen LogP contribution in [0.25, 0.3) is 0 Å². The van der Waals surface area contributed by atoms with Crippen molar-refractivity contribution in [3.8, 4) is 0 Å². The molecule has 5 nitrogen and oxygen atoms in total. The SMILES string of the molecule is CCCN(CC)CCNc1ncc(N)cn1. The summed E-state index contributed by atoms with van der Waals surface area (Å²) in [6, 6.07) is 0. The Hall–Kier alpha value is -1.36. The zero-order chi connectivity index (χ0) is 11.8. The first-order chi connectivity index (χ1) is 7.76. The van der Waals surface area contributed by atoms with Crippen molar-refractivity contribution in [3.05, 3.63) is 12.4 Å². The average Bonchev–Trinajstić information content (AvgIpc) is 2.30. The highest BCUT2D eigenvalue weighted by Gasteiger charge is 2.00. The number of nitrogens with two attached hydrogens (primary N) is 1. The molecule has 0 amide bonds. The van der Waals surface area contributed by atoms with Crippen LogP contribution in [0.3, 0.4) is 0 Å². The molecule has 90 valence electrons. The van der Waals surface area contributed by atoms with Gasteiger partial charge in [0.2, 0.25) is 5.95 Å². The maximum Gasteiger partial charge on any atom is 0.222 e. The molecule has 0 aromatic carbocycles. The molecule has 1 aromatic rings. The van der Waals surface area contributed by atoms with Crippen molar-refractivity contribution >= 4 is 11.6 Å². The van der Waals surface area contributed by atoms with Gasteiger partial charge in [0.1, 0.15) is 0 Å². The molecule has 3 N–H and O–H groups in total. The zero-order valence-corrected chi connectivity index (χ0v) is 10.1. The van der Waals surface area contributed by atoms with Gasteiger partial charge < -0.3 is 16.0 Å². The van der Waals surface area contributed by atoms with Crippen LogP contribution >= 0.6 is 0 Å². The Labute approximate surface area is 97.1 Å². The van der Waals surface area contributed by atoms with E-state index in [0.717, 1.165) is 26.2 Å². The number of hydrogen-bond acceptors (Lipinski definition) is 5. The third-order valence-corrected chi connectivity index (χ3v) is 2.37. The van der Waals surface area contributed by atoms with E-state index in [1.54, 1.807) is 12.4 Å². The molecule has 1 rings (SSSR count). The van der Waals surface area contributed by atoms with E-state index in [1.807, 2.05) is 0 Å². The number of nitrogen functional groups attached to an aromatic ring is 1. The van der Waals surface area contributed by atoms with E-state index in [2.05, 4.69) is 34.0 Å². The molecule has 0 spiro atoms. The summed E-state index contributed by atoms with van der Waals surface area (Å²) in [6.45, 7) is 8.46. The lowest BCUT2D eigenvalue weighted by Crippen LogP contribution is -2.29. The van der Waals surface area contributed by atoms with E-state index in [-0.39, 0.29) is 0 Å². The number of likely N-dealkylation sites (N-methyl/N-ethyl adjacent to an activating group) is 1. The average molecular weight is 223 g/mol. The van der Waals surface area contributed by atoms with Gasteiger partial charge in [-0.3, -0.25) is 0 Å². The van der Waals surface area contributed by atoms with Gasteiger partial charge in [0.05, 0.1) is 18.1 Å². The summed E-state index contributed by atoms with van der Waals surface area (Å²) in [5.74, 6) is 0.641.